The van der Waals surface area contributed by atoms with Crippen LogP contribution in [0.5, 0.6) is 0 Å². The van der Waals surface area contributed by atoms with E-state index in [1.54, 1.807) is 0 Å². The SMILES string of the molecule is C[C@@H](c1nc(C2(NC(=O)OC(C)(C)C)CCC2)no1)N(C)C. The summed E-state index contributed by atoms with van der Waals surface area (Å²) < 4.78 is 10.7. The van der Waals surface area contributed by atoms with Crippen LogP contribution in [0.2, 0.25) is 0 Å². The number of carbonyl (C=O) groups is 1. The molecule has 0 unspecified atom stereocenters. The largest absolute Gasteiger partial charge is 0.444 e. The molecule has 1 N–H and O–H groups in total. The molecule has 1 atom stereocenters. The van der Waals surface area contributed by atoms with Gasteiger partial charge in [0, 0.05) is 0 Å². The summed E-state index contributed by atoms with van der Waals surface area (Å²) in [5.74, 6) is 1.09. The topological polar surface area (TPSA) is 80.5 Å². The van der Waals surface area contributed by atoms with E-state index in [0.29, 0.717) is 11.7 Å². The van der Waals surface area contributed by atoms with Gasteiger partial charge in [-0.05, 0) is 61.1 Å². The van der Waals surface area contributed by atoms with Gasteiger partial charge in [-0.15, -0.1) is 0 Å². The molecule has 1 fully saturated rings. The molecule has 7 heteroatoms. The zero-order valence-electron chi connectivity index (χ0n) is 14.3. The van der Waals surface area contributed by atoms with Gasteiger partial charge in [0.05, 0.1) is 6.04 Å². The lowest BCUT2D eigenvalue weighted by molar-refractivity contribution is 0.0362. The first-order chi connectivity index (χ1) is 10.1. The molecule has 1 amide bonds. The van der Waals surface area contributed by atoms with E-state index in [2.05, 4.69) is 15.5 Å². The third-order valence-electron chi connectivity index (χ3n) is 3.95. The number of rotatable bonds is 4. The first-order valence-electron chi connectivity index (χ1n) is 7.65. The van der Waals surface area contributed by atoms with Gasteiger partial charge < -0.3 is 14.6 Å². The molecule has 1 saturated carbocycles. The lowest BCUT2D eigenvalue weighted by Gasteiger charge is -2.39. The number of hydrogen-bond donors (Lipinski definition) is 1. The molecule has 0 aromatic carbocycles. The molecule has 1 heterocycles. The summed E-state index contributed by atoms with van der Waals surface area (Å²) in [6.07, 6.45) is 2.16. The van der Waals surface area contributed by atoms with Gasteiger partial charge in [0.1, 0.15) is 11.1 Å². The highest BCUT2D eigenvalue weighted by atomic mass is 16.6. The Bertz CT molecular complexity index is 529. The van der Waals surface area contributed by atoms with Crippen molar-refractivity contribution in [3.05, 3.63) is 11.7 Å². The number of nitrogens with one attached hydrogen (secondary N) is 1. The lowest BCUT2D eigenvalue weighted by atomic mass is 9.76. The van der Waals surface area contributed by atoms with Gasteiger partial charge in [-0.2, -0.15) is 4.98 Å². The van der Waals surface area contributed by atoms with E-state index in [4.69, 9.17) is 9.26 Å². The van der Waals surface area contributed by atoms with Crippen LogP contribution in [0.25, 0.3) is 0 Å². The number of nitrogens with zero attached hydrogens (tertiary/aromatic N) is 3. The van der Waals surface area contributed by atoms with E-state index < -0.39 is 17.2 Å². The first-order valence-corrected chi connectivity index (χ1v) is 7.65. The first kappa shape index (κ1) is 16.7. The molecular weight excluding hydrogens is 284 g/mol. The Morgan fingerprint density at radius 2 is 2.05 bits per heavy atom. The molecular formula is C15H26N4O3. The molecule has 0 aliphatic heterocycles. The van der Waals surface area contributed by atoms with E-state index in [1.807, 2.05) is 46.7 Å². The van der Waals surface area contributed by atoms with Crippen molar-refractivity contribution in [3.8, 4) is 0 Å². The smallest absolute Gasteiger partial charge is 0.408 e. The fraction of sp³-hybridized carbons (Fsp3) is 0.800. The summed E-state index contributed by atoms with van der Waals surface area (Å²) in [7, 11) is 3.90. The highest BCUT2D eigenvalue weighted by molar-refractivity contribution is 5.69. The minimum atomic E-state index is -0.559. The van der Waals surface area contributed by atoms with Crippen LogP contribution in [0.15, 0.2) is 4.52 Å². The van der Waals surface area contributed by atoms with Gasteiger partial charge in [-0.25, -0.2) is 4.79 Å². The van der Waals surface area contributed by atoms with Crippen molar-refractivity contribution in [1.82, 2.24) is 20.4 Å². The maximum Gasteiger partial charge on any atom is 0.408 e. The Morgan fingerprint density at radius 3 is 2.50 bits per heavy atom. The van der Waals surface area contributed by atoms with E-state index in [-0.39, 0.29) is 6.04 Å². The van der Waals surface area contributed by atoms with Crippen molar-refractivity contribution in [2.45, 2.75) is 64.1 Å². The average molecular weight is 310 g/mol. The third-order valence-corrected chi connectivity index (χ3v) is 3.95. The fourth-order valence-electron chi connectivity index (χ4n) is 2.25. The van der Waals surface area contributed by atoms with E-state index >= 15 is 0 Å². The monoisotopic (exact) mass is 310 g/mol. The van der Waals surface area contributed by atoms with Gasteiger partial charge >= 0.3 is 6.09 Å². The minimum Gasteiger partial charge on any atom is -0.444 e. The number of amides is 1. The van der Waals surface area contributed by atoms with Crippen molar-refractivity contribution >= 4 is 6.09 Å². The second kappa shape index (κ2) is 5.87. The van der Waals surface area contributed by atoms with Crippen LogP contribution in [-0.4, -0.2) is 40.8 Å². The van der Waals surface area contributed by atoms with Crippen LogP contribution in [0.1, 0.15) is 64.7 Å². The van der Waals surface area contributed by atoms with Crippen molar-refractivity contribution in [1.29, 1.82) is 0 Å². The summed E-state index contributed by atoms with van der Waals surface area (Å²) in [4.78, 5) is 18.5. The van der Waals surface area contributed by atoms with Gasteiger partial charge in [-0.3, -0.25) is 4.90 Å². The van der Waals surface area contributed by atoms with E-state index in [9.17, 15) is 4.79 Å². The number of alkyl carbamates (subject to hydrolysis) is 1. The molecule has 0 saturated heterocycles. The lowest BCUT2D eigenvalue weighted by Crippen LogP contribution is -2.52. The number of aromatic nitrogens is 2. The predicted octanol–water partition coefficient (Wildman–Crippen LogP) is 2.60. The van der Waals surface area contributed by atoms with Gasteiger partial charge in [0.15, 0.2) is 5.82 Å². The summed E-state index contributed by atoms with van der Waals surface area (Å²) in [6.45, 7) is 7.51. The third kappa shape index (κ3) is 3.58. The number of carbonyl (C=O) groups excluding carboxylic acids is 1. The molecule has 1 aliphatic rings. The molecule has 0 bridgehead atoms. The zero-order valence-corrected chi connectivity index (χ0v) is 14.3. The van der Waals surface area contributed by atoms with E-state index in [1.165, 1.54) is 0 Å². The van der Waals surface area contributed by atoms with Gasteiger partial charge in [0.25, 0.3) is 0 Å². The minimum absolute atomic E-state index is 0.0277. The number of ether oxygens (including phenoxy) is 1. The highest BCUT2D eigenvalue weighted by Gasteiger charge is 2.45. The summed E-state index contributed by atoms with van der Waals surface area (Å²) >= 11 is 0. The molecule has 124 valence electrons. The zero-order chi connectivity index (χ0) is 16.5. The molecule has 0 radical (unpaired) electrons. The Hall–Kier alpha value is -1.63. The van der Waals surface area contributed by atoms with Crippen LogP contribution in [0, 0.1) is 0 Å². The molecule has 1 aromatic heterocycles. The molecule has 7 nitrogen and oxygen atoms in total. The second-order valence-corrected chi connectivity index (χ2v) is 7.16. The highest BCUT2D eigenvalue weighted by Crippen LogP contribution is 2.40. The predicted molar refractivity (Wildman–Crippen MR) is 81.3 cm³/mol. The molecule has 1 aliphatic carbocycles. The second-order valence-electron chi connectivity index (χ2n) is 7.16. The Morgan fingerprint density at radius 1 is 1.41 bits per heavy atom. The van der Waals surface area contributed by atoms with Crippen LogP contribution >= 0.6 is 0 Å². The molecule has 0 spiro atoms. The molecule has 22 heavy (non-hydrogen) atoms. The maximum absolute atomic E-state index is 12.1. The van der Waals surface area contributed by atoms with Crippen molar-refractivity contribution < 1.29 is 14.1 Å². The Kier molecular flexibility index (Phi) is 4.47. The van der Waals surface area contributed by atoms with Crippen LogP contribution in [-0.2, 0) is 10.3 Å². The van der Waals surface area contributed by atoms with Gasteiger partial charge in [0.2, 0.25) is 5.89 Å². The summed E-state index contributed by atoms with van der Waals surface area (Å²) in [6, 6.07) is 0.0277. The maximum atomic E-state index is 12.1. The van der Waals surface area contributed by atoms with Crippen LogP contribution < -0.4 is 5.32 Å². The molecule has 1 aromatic rings. The number of hydrogen-bond acceptors (Lipinski definition) is 6. The summed E-state index contributed by atoms with van der Waals surface area (Å²) in [5.41, 5.74) is -1.09. The Labute approximate surface area is 131 Å². The van der Waals surface area contributed by atoms with Crippen molar-refractivity contribution in [2.24, 2.45) is 0 Å². The standard InChI is InChI=1S/C15H26N4O3/c1-10(19(5)6)11-16-12(18-22-11)15(8-7-9-15)17-13(20)21-14(2,3)4/h10H,7-9H2,1-6H3,(H,17,20)/t10-/m0/s1. The summed E-state index contributed by atoms with van der Waals surface area (Å²) in [5, 5.41) is 7.00. The fourth-order valence-corrected chi connectivity index (χ4v) is 2.25. The quantitative estimate of drug-likeness (QED) is 0.920. The van der Waals surface area contributed by atoms with Gasteiger partial charge in [-0.1, -0.05) is 5.16 Å². The molecule has 2 rings (SSSR count). The average Bonchev–Trinajstić information content (AvgIpc) is 2.80. The Balaban J connectivity index is 2.12. The van der Waals surface area contributed by atoms with Crippen molar-refractivity contribution in [2.75, 3.05) is 14.1 Å². The van der Waals surface area contributed by atoms with E-state index in [0.717, 1.165) is 19.3 Å². The van der Waals surface area contributed by atoms with Crippen LogP contribution in [0.4, 0.5) is 4.79 Å². The normalized spacial score (nSPS) is 18.7. The van der Waals surface area contributed by atoms with Crippen molar-refractivity contribution in [3.63, 3.8) is 0 Å². The van der Waals surface area contributed by atoms with Crippen LogP contribution in [0.3, 0.4) is 0 Å².